The summed E-state index contributed by atoms with van der Waals surface area (Å²) in [5, 5.41) is 8.69. The molecule has 0 aliphatic heterocycles. The number of nitrogens with zero attached hydrogens (tertiary/aromatic N) is 2. The van der Waals surface area contributed by atoms with Gasteiger partial charge in [-0.15, -0.1) is 0 Å². The summed E-state index contributed by atoms with van der Waals surface area (Å²) < 4.78 is 6.46. The summed E-state index contributed by atoms with van der Waals surface area (Å²) in [5.74, 6) is -1.07. The van der Waals surface area contributed by atoms with Crippen LogP contribution in [0.25, 0.3) is 5.71 Å². The van der Waals surface area contributed by atoms with Crippen molar-refractivity contribution in [2.75, 3.05) is 0 Å². The molecule has 5 nitrogen and oxygen atoms in total. The minimum atomic E-state index is -1.06. The first-order valence-corrected chi connectivity index (χ1v) is 3.35. The number of imidazole rings is 1. The largest absolute Gasteiger partial charge is 0.475 e. The quantitative estimate of drug-likeness (QED) is 0.684. The Labute approximate surface area is 67.2 Å². The highest BCUT2D eigenvalue weighted by Crippen LogP contribution is 2.11. The van der Waals surface area contributed by atoms with Crippen LogP contribution in [-0.2, 0) is 0 Å². The van der Waals surface area contributed by atoms with Gasteiger partial charge in [-0.3, -0.25) is 4.40 Å². The standard InChI is InChI=1S/C7H6N2O3/c1-4-3-12-5-2-8-6(7(10)11)9(4)5/h2-3H,1H3,(H,10,11). The molecule has 5 heteroatoms. The number of aryl methyl sites for hydroxylation is 1. The molecule has 0 radical (unpaired) electrons. The van der Waals surface area contributed by atoms with E-state index in [4.69, 9.17) is 9.52 Å². The number of carboxylic acid groups (broad SMARTS) is 1. The lowest BCUT2D eigenvalue weighted by Crippen LogP contribution is -2.03. The maximum absolute atomic E-state index is 10.6. The zero-order chi connectivity index (χ0) is 8.72. The van der Waals surface area contributed by atoms with Crippen LogP contribution in [0.15, 0.2) is 16.9 Å². The van der Waals surface area contributed by atoms with Gasteiger partial charge >= 0.3 is 5.97 Å². The van der Waals surface area contributed by atoms with Crippen LogP contribution >= 0.6 is 0 Å². The molecule has 0 spiro atoms. The zero-order valence-electron chi connectivity index (χ0n) is 6.31. The molecule has 0 aliphatic carbocycles. The normalized spacial score (nSPS) is 10.8. The molecule has 0 bridgehead atoms. The van der Waals surface area contributed by atoms with Gasteiger partial charge < -0.3 is 9.52 Å². The highest BCUT2D eigenvalue weighted by molar-refractivity contribution is 5.84. The third-order valence-corrected chi connectivity index (χ3v) is 1.62. The van der Waals surface area contributed by atoms with Crippen molar-refractivity contribution in [2.45, 2.75) is 6.92 Å². The van der Waals surface area contributed by atoms with Crippen LogP contribution < -0.4 is 0 Å². The van der Waals surface area contributed by atoms with E-state index in [1.54, 1.807) is 6.92 Å². The van der Waals surface area contributed by atoms with Gasteiger partial charge in [0, 0.05) is 0 Å². The molecule has 0 fully saturated rings. The van der Waals surface area contributed by atoms with Crippen LogP contribution in [-0.4, -0.2) is 20.5 Å². The second kappa shape index (κ2) is 2.10. The minimum Gasteiger partial charge on any atom is -0.475 e. The van der Waals surface area contributed by atoms with Crippen molar-refractivity contribution in [2.24, 2.45) is 0 Å². The summed E-state index contributed by atoms with van der Waals surface area (Å²) >= 11 is 0. The number of fused-ring (bicyclic) bond motifs is 1. The summed E-state index contributed by atoms with van der Waals surface area (Å²) in [4.78, 5) is 14.3. The van der Waals surface area contributed by atoms with E-state index in [1.807, 2.05) is 0 Å². The fraction of sp³-hybridized carbons (Fsp3) is 0.143. The molecule has 2 heterocycles. The van der Waals surface area contributed by atoms with Gasteiger partial charge in [0.1, 0.15) is 6.26 Å². The number of hydrogen-bond donors (Lipinski definition) is 1. The number of rotatable bonds is 1. The van der Waals surface area contributed by atoms with Crippen molar-refractivity contribution >= 4 is 11.7 Å². The molecule has 0 aromatic carbocycles. The van der Waals surface area contributed by atoms with E-state index in [1.165, 1.54) is 16.9 Å². The third-order valence-electron chi connectivity index (χ3n) is 1.62. The van der Waals surface area contributed by atoms with Crippen molar-refractivity contribution in [1.82, 2.24) is 9.38 Å². The molecule has 2 aromatic rings. The molecule has 0 saturated heterocycles. The second-order valence-electron chi connectivity index (χ2n) is 2.44. The lowest BCUT2D eigenvalue weighted by Gasteiger charge is -1.90. The number of carbonyl (C=O) groups is 1. The number of aromatic carboxylic acids is 1. The van der Waals surface area contributed by atoms with Crippen molar-refractivity contribution < 1.29 is 14.3 Å². The van der Waals surface area contributed by atoms with Crippen LogP contribution in [0.5, 0.6) is 0 Å². The molecule has 2 aromatic heterocycles. The Bertz CT molecular complexity index is 440. The highest BCUT2D eigenvalue weighted by Gasteiger charge is 2.14. The van der Waals surface area contributed by atoms with Crippen LogP contribution in [0.4, 0.5) is 0 Å². The van der Waals surface area contributed by atoms with Crippen LogP contribution in [0.3, 0.4) is 0 Å². The fourth-order valence-electron chi connectivity index (χ4n) is 1.11. The van der Waals surface area contributed by atoms with Crippen molar-refractivity contribution in [3.05, 3.63) is 24.0 Å². The second-order valence-corrected chi connectivity index (χ2v) is 2.44. The zero-order valence-corrected chi connectivity index (χ0v) is 6.31. The number of hydrogen-bond acceptors (Lipinski definition) is 3. The maximum atomic E-state index is 10.6. The van der Waals surface area contributed by atoms with Crippen LogP contribution in [0, 0.1) is 6.92 Å². The van der Waals surface area contributed by atoms with E-state index in [2.05, 4.69) is 4.98 Å². The number of oxazole rings is 1. The average molecular weight is 166 g/mol. The first kappa shape index (κ1) is 6.90. The van der Waals surface area contributed by atoms with E-state index in [0.29, 0.717) is 5.71 Å². The smallest absolute Gasteiger partial charge is 0.372 e. The lowest BCUT2D eigenvalue weighted by molar-refractivity contribution is 0.0682. The monoisotopic (exact) mass is 166 g/mol. The minimum absolute atomic E-state index is 0.0174. The Balaban J connectivity index is 2.83. The van der Waals surface area contributed by atoms with Gasteiger partial charge in [-0.1, -0.05) is 0 Å². The highest BCUT2D eigenvalue weighted by atomic mass is 16.4. The van der Waals surface area contributed by atoms with Gasteiger partial charge in [0.25, 0.3) is 0 Å². The van der Waals surface area contributed by atoms with E-state index in [-0.39, 0.29) is 5.82 Å². The summed E-state index contributed by atoms with van der Waals surface area (Å²) in [6.45, 7) is 1.75. The molecule has 1 N–H and O–H groups in total. The maximum Gasteiger partial charge on any atom is 0.372 e. The summed E-state index contributed by atoms with van der Waals surface area (Å²) in [6, 6.07) is 0. The van der Waals surface area contributed by atoms with Gasteiger partial charge in [-0.25, -0.2) is 9.78 Å². The van der Waals surface area contributed by atoms with Gasteiger partial charge in [0.2, 0.25) is 11.5 Å². The Hall–Kier alpha value is -1.78. The van der Waals surface area contributed by atoms with E-state index in [9.17, 15) is 4.79 Å². The van der Waals surface area contributed by atoms with Gasteiger partial charge in [0.05, 0.1) is 11.9 Å². The molecule has 2 rings (SSSR count). The number of aromatic nitrogens is 2. The van der Waals surface area contributed by atoms with E-state index >= 15 is 0 Å². The average Bonchev–Trinajstić information content (AvgIpc) is 2.53. The van der Waals surface area contributed by atoms with Crippen LogP contribution in [0.1, 0.15) is 16.3 Å². The molecule has 0 amide bonds. The summed E-state index contributed by atoms with van der Waals surface area (Å²) in [5.41, 5.74) is 1.17. The van der Waals surface area contributed by atoms with E-state index < -0.39 is 5.97 Å². The van der Waals surface area contributed by atoms with Crippen molar-refractivity contribution in [3.8, 4) is 0 Å². The molecule has 62 valence electrons. The predicted molar refractivity (Wildman–Crippen MR) is 39.2 cm³/mol. The molecule has 0 unspecified atom stereocenters. The van der Waals surface area contributed by atoms with Crippen molar-refractivity contribution in [3.63, 3.8) is 0 Å². The summed E-state index contributed by atoms with van der Waals surface area (Å²) in [6.07, 6.45) is 2.87. The lowest BCUT2D eigenvalue weighted by atomic mass is 10.5. The first-order chi connectivity index (χ1) is 5.70. The van der Waals surface area contributed by atoms with Gasteiger partial charge in [-0.2, -0.15) is 0 Å². The first-order valence-electron chi connectivity index (χ1n) is 3.35. The SMILES string of the molecule is Cc1coc2cnc(C(=O)O)n12. The Morgan fingerprint density at radius 1 is 1.75 bits per heavy atom. The Kier molecular flexibility index (Phi) is 1.21. The molecular weight excluding hydrogens is 160 g/mol. The van der Waals surface area contributed by atoms with Gasteiger partial charge in [-0.05, 0) is 6.92 Å². The van der Waals surface area contributed by atoms with Crippen LogP contribution in [0.2, 0.25) is 0 Å². The Morgan fingerprint density at radius 3 is 3.17 bits per heavy atom. The molecular formula is C7H6N2O3. The van der Waals surface area contributed by atoms with Gasteiger partial charge in [0.15, 0.2) is 0 Å². The fourth-order valence-corrected chi connectivity index (χ4v) is 1.11. The Morgan fingerprint density at radius 2 is 2.50 bits per heavy atom. The topological polar surface area (TPSA) is 67.7 Å². The number of carboxylic acids is 1. The predicted octanol–water partition coefficient (Wildman–Crippen LogP) is 0.934. The molecule has 0 atom stereocenters. The third kappa shape index (κ3) is 0.730. The molecule has 0 aliphatic rings. The van der Waals surface area contributed by atoms with Crippen molar-refractivity contribution in [1.29, 1.82) is 0 Å². The molecule has 0 saturated carbocycles. The molecule has 12 heavy (non-hydrogen) atoms. The summed E-state index contributed by atoms with van der Waals surface area (Å²) in [7, 11) is 0. The van der Waals surface area contributed by atoms with E-state index in [0.717, 1.165) is 5.69 Å².